The molecule has 138 valence electrons. The second-order valence-electron chi connectivity index (χ2n) is 6.79. The van der Waals surface area contributed by atoms with E-state index >= 15 is 0 Å². The van der Waals surface area contributed by atoms with Gasteiger partial charge in [-0.2, -0.15) is 0 Å². The van der Waals surface area contributed by atoms with Gasteiger partial charge in [0.05, 0.1) is 6.04 Å². The molecule has 7 heteroatoms. The molecule has 0 aliphatic carbocycles. The lowest BCUT2D eigenvalue weighted by Gasteiger charge is -2.23. The monoisotopic (exact) mass is 360 g/mol. The number of aromatic amines is 1. The lowest BCUT2D eigenvalue weighted by Crippen LogP contribution is -2.35. The Morgan fingerprint density at radius 1 is 1.27 bits per heavy atom. The number of amides is 1. The van der Waals surface area contributed by atoms with Crippen molar-refractivity contribution in [2.45, 2.75) is 38.8 Å². The van der Waals surface area contributed by atoms with E-state index in [2.05, 4.69) is 10.3 Å². The molecular formula is C19H21FN2O4. The Kier molecular flexibility index (Phi) is 5.92. The molecule has 2 aromatic rings. The molecule has 26 heavy (non-hydrogen) atoms. The van der Waals surface area contributed by atoms with E-state index in [-0.39, 0.29) is 6.42 Å². The molecule has 1 amide bonds. The highest BCUT2D eigenvalue weighted by Crippen LogP contribution is 2.23. The van der Waals surface area contributed by atoms with Crippen molar-refractivity contribution < 1.29 is 18.7 Å². The topological polar surface area (TPSA) is 88.3 Å². The maximum absolute atomic E-state index is 13.4. The summed E-state index contributed by atoms with van der Waals surface area (Å²) in [6, 6.07) is 7.50. The highest BCUT2D eigenvalue weighted by atomic mass is 19.1. The number of H-pyrrole nitrogens is 1. The number of pyridine rings is 1. The largest absolute Gasteiger partial charge is 0.444 e. The summed E-state index contributed by atoms with van der Waals surface area (Å²) in [5.41, 5.74) is 0.481. The van der Waals surface area contributed by atoms with Crippen LogP contribution in [0.1, 0.15) is 38.8 Å². The van der Waals surface area contributed by atoms with E-state index in [0.717, 1.165) is 6.07 Å². The Hall–Kier alpha value is -2.96. The third-order valence-corrected chi connectivity index (χ3v) is 3.53. The molecule has 0 fully saturated rings. The van der Waals surface area contributed by atoms with Crippen LogP contribution in [0.4, 0.5) is 9.18 Å². The summed E-state index contributed by atoms with van der Waals surface area (Å²) >= 11 is 0. The summed E-state index contributed by atoms with van der Waals surface area (Å²) in [5.74, 6) is -0.864. The zero-order chi connectivity index (χ0) is 19.3. The molecule has 2 rings (SSSR count). The quantitative estimate of drug-likeness (QED) is 0.801. The molecule has 0 aliphatic heterocycles. The van der Waals surface area contributed by atoms with E-state index in [1.807, 2.05) is 0 Å². The fraction of sp³-hybridized carbons (Fsp3) is 0.316. The molecule has 0 spiro atoms. The number of ether oxygens (including phenoxy) is 1. The first kappa shape index (κ1) is 19.4. The van der Waals surface area contributed by atoms with Gasteiger partial charge >= 0.3 is 6.09 Å². The fourth-order valence-corrected chi connectivity index (χ4v) is 2.35. The van der Waals surface area contributed by atoms with Crippen LogP contribution in [0.3, 0.4) is 0 Å². The highest BCUT2D eigenvalue weighted by Gasteiger charge is 2.20. The van der Waals surface area contributed by atoms with Gasteiger partial charge in [0.2, 0.25) is 0 Å². The number of carbonyl (C=O) groups excluding carboxylic acids is 2. The number of hydrogen-bond acceptors (Lipinski definition) is 4. The molecule has 0 aliphatic rings. The van der Waals surface area contributed by atoms with Gasteiger partial charge in [0.25, 0.3) is 5.56 Å². The van der Waals surface area contributed by atoms with Gasteiger partial charge in [-0.3, -0.25) is 4.79 Å². The van der Waals surface area contributed by atoms with Crippen molar-refractivity contribution in [3.63, 3.8) is 0 Å². The second kappa shape index (κ2) is 7.95. The number of aromatic nitrogens is 1. The standard InChI is InChI=1S/C19H21FN2O4/c1-19(2,3)26-18(25)22-16(8-9-23)13-6-4-12(5-7-13)14-10-15(20)17(24)21-11-14/h4-7,9-11,16H,8H2,1-3H3,(H,21,24)(H,22,25). The average molecular weight is 360 g/mol. The van der Waals surface area contributed by atoms with Gasteiger partial charge in [0.1, 0.15) is 11.9 Å². The van der Waals surface area contributed by atoms with Gasteiger partial charge in [-0.05, 0) is 38.0 Å². The Balaban J connectivity index is 2.19. The van der Waals surface area contributed by atoms with Crippen LogP contribution in [-0.2, 0) is 9.53 Å². The second-order valence-corrected chi connectivity index (χ2v) is 6.79. The molecule has 0 saturated carbocycles. The predicted octanol–water partition coefficient (Wildman–Crippen LogP) is 3.34. The third kappa shape index (κ3) is 5.27. The van der Waals surface area contributed by atoms with Crippen molar-refractivity contribution in [3.8, 4) is 11.1 Å². The Labute approximate surface area is 150 Å². The van der Waals surface area contributed by atoms with Gasteiger partial charge in [-0.15, -0.1) is 0 Å². The highest BCUT2D eigenvalue weighted by molar-refractivity contribution is 5.69. The van der Waals surface area contributed by atoms with Crippen LogP contribution in [0.25, 0.3) is 11.1 Å². The molecule has 0 radical (unpaired) electrons. The molecular weight excluding hydrogens is 339 g/mol. The SMILES string of the molecule is CC(C)(C)OC(=O)NC(CC=O)c1ccc(-c2c[nH]c(=O)c(F)c2)cc1. The molecule has 1 atom stereocenters. The van der Waals surface area contributed by atoms with Crippen LogP contribution in [0.15, 0.2) is 41.3 Å². The van der Waals surface area contributed by atoms with E-state index in [4.69, 9.17) is 4.74 Å². The number of alkyl carbamates (subject to hydrolysis) is 1. The van der Waals surface area contributed by atoms with Gasteiger partial charge in [0, 0.05) is 18.2 Å². The van der Waals surface area contributed by atoms with E-state index in [9.17, 15) is 18.8 Å². The minimum Gasteiger partial charge on any atom is -0.444 e. The van der Waals surface area contributed by atoms with Crippen molar-refractivity contribution in [1.29, 1.82) is 0 Å². The molecule has 1 aromatic carbocycles. The maximum atomic E-state index is 13.4. The third-order valence-electron chi connectivity index (χ3n) is 3.53. The minimum absolute atomic E-state index is 0.0892. The molecule has 0 bridgehead atoms. The number of halogens is 1. The fourth-order valence-electron chi connectivity index (χ4n) is 2.35. The van der Waals surface area contributed by atoms with Crippen molar-refractivity contribution in [3.05, 3.63) is 58.3 Å². The van der Waals surface area contributed by atoms with Crippen LogP contribution in [0.5, 0.6) is 0 Å². The zero-order valence-corrected chi connectivity index (χ0v) is 14.8. The number of benzene rings is 1. The van der Waals surface area contributed by atoms with E-state index in [1.54, 1.807) is 45.0 Å². The molecule has 2 N–H and O–H groups in total. The summed E-state index contributed by atoms with van der Waals surface area (Å²) in [4.78, 5) is 36.3. The van der Waals surface area contributed by atoms with Crippen molar-refractivity contribution in [2.75, 3.05) is 0 Å². The number of hydrogen-bond donors (Lipinski definition) is 2. The van der Waals surface area contributed by atoms with Gasteiger partial charge in [0.15, 0.2) is 5.82 Å². The molecule has 0 saturated heterocycles. The lowest BCUT2D eigenvalue weighted by molar-refractivity contribution is -0.108. The van der Waals surface area contributed by atoms with Gasteiger partial charge in [-0.1, -0.05) is 24.3 Å². The van der Waals surface area contributed by atoms with E-state index < -0.39 is 29.1 Å². The molecule has 1 unspecified atom stereocenters. The van der Waals surface area contributed by atoms with Gasteiger partial charge in [-0.25, -0.2) is 9.18 Å². The predicted molar refractivity (Wildman–Crippen MR) is 95.2 cm³/mol. The Morgan fingerprint density at radius 2 is 1.92 bits per heavy atom. The van der Waals surface area contributed by atoms with Crippen LogP contribution >= 0.6 is 0 Å². The van der Waals surface area contributed by atoms with Crippen molar-refractivity contribution >= 4 is 12.4 Å². The van der Waals surface area contributed by atoms with Crippen LogP contribution < -0.4 is 10.9 Å². The van der Waals surface area contributed by atoms with Crippen molar-refractivity contribution in [1.82, 2.24) is 10.3 Å². The molecule has 1 aromatic heterocycles. The molecule has 6 nitrogen and oxygen atoms in total. The number of rotatable bonds is 5. The first-order valence-electron chi connectivity index (χ1n) is 8.11. The Morgan fingerprint density at radius 3 is 2.46 bits per heavy atom. The van der Waals surface area contributed by atoms with Crippen LogP contribution in [-0.4, -0.2) is 23.0 Å². The zero-order valence-electron chi connectivity index (χ0n) is 14.8. The summed E-state index contributed by atoms with van der Waals surface area (Å²) < 4.78 is 18.6. The van der Waals surface area contributed by atoms with Crippen molar-refractivity contribution in [2.24, 2.45) is 0 Å². The summed E-state index contributed by atoms with van der Waals surface area (Å²) in [6.45, 7) is 5.25. The first-order valence-corrected chi connectivity index (χ1v) is 8.11. The number of nitrogens with one attached hydrogen (secondary N) is 2. The lowest BCUT2D eigenvalue weighted by atomic mass is 10.0. The average Bonchev–Trinajstić information content (AvgIpc) is 2.55. The minimum atomic E-state index is -0.864. The maximum Gasteiger partial charge on any atom is 0.408 e. The number of carbonyl (C=O) groups is 2. The summed E-state index contributed by atoms with van der Waals surface area (Å²) in [7, 11) is 0. The first-order chi connectivity index (χ1) is 12.2. The van der Waals surface area contributed by atoms with Crippen LogP contribution in [0, 0.1) is 5.82 Å². The normalized spacial score (nSPS) is 12.3. The van der Waals surface area contributed by atoms with Gasteiger partial charge < -0.3 is 19.8 Å². The summed E-state index contributed by atoms with van der Waals surface area (Å²) in [6.07, 6.45) is 1.61. The summed E-state index contributed by atoms with van der Waals surface area (Å²) in [5, 5.41) is 2.67. The number of aldehydes is 1. The van der Waals surface area contributed by atoms with E-state index in [1.165, 1.54) is 6.20 Å². The smallest absolute Gasteiger partial charge is 0.408 e. The van der Waals surface area contributed by atoms with Crippen LogP contribution in [0.2, 0.25) is 0 Å². The Bertz CT molecular complexity index is 838. The van der Waals surface area contributed by atoms with E-state index in [0.29, 0.717) is 23.0 Å². The molecule has 1 heterocycles.